The Hall–Kier alpha value is -0.860. The fourth-order valence-corrected chi connectivity index (χ4v) is 3.02. The zero-order valence-electron chi connectivity index (χ0n) is 13.7. The van der Waals surface area contributed by atoms with Crippen LogP contribution in [-0.4, -0.2) is 11.8 Å². The first-order chi connectivity index (χ1) is 10.2. The topological polar surface area (TPSA) is 48.2 Å². The third-order valence-electron chi connectivity index (χ3n) is 4.41. The molecule has 1 atom stereocenters. The quantitative estimate of drug-likeness (QED) is 0.363. The minimum atomic E-state index is -0.219. The van der Waals surface area contributed by atoms with Crippen LogP contribution >= 0.6 is 0 Å². The van der Waals surface area contributed by atoms with Crippen molar-refractivity contribution in [1.29, 1.82) is 0 Å². The summed E-state index contributed by atoms with van der Waals surface area (Å²) in [5.41, 5.74) is 0. The molecule has 0 saturated carbocycles. The molecule has 1 heterocycles. The van der Waals surface area contributed by atoms with Crippen LogP contribution in [0.15, 0.2) is 0 Å². The summed E-state index contributed by atoms with van der Waals surface area (Å²) in [4.78, 5) is 22.3. The Morgan fingerprint density at radius 1 is 0.810 bits per heavy atom. The normalized spacial score (nSPS) is 18.2. The molecular weight excluding hydrogens is 262 g/mol. The largest absolute Gasteiger partial charge is 0.272 e. The van der Waals surface area contributed by atoms with Crippen molar-refractivity contribution in [2.24, 2.45) is 5.92 Å². The molecule has 0 aromatic rings. The fraction of sp³-hybridized carbons (Fsp3) is 0.889. The van der Waals surface area contributed by atoms with Gasteiger partial charge in [0.05, 0.1) is 0 Å². The van der Waals surface area contributed by atoms with E-state index >= 15 is 0 Å². The lowest BCUT2D eigenvalue weighted by Crippen LogP contribution is -2.14. The lowest BCUT2D eigenvalue weighted by atomic mass is 9.98. The van der Waals surface area contributed by atoms with Crippen molar-refractivity contribution >= 4 is 11.8 Å². The molecule has 1 rings (SSSR count). The third-order valence-corrected chi connectivity index (χ3v) is 4.41. The van der Waals surface area contributed by atoms with Crippen molar-refractivity contribution in [3.8, 4) is 0 Å². The number of carbonyl (C=O) groups excluding carboxylic acids is 2. The molecule has 0 spiro atoms. The van der Waals surface area contributed by atoms with E-state index in [0.717, 1.165) is 12.8 Å². The van der Waals surface area contributed by atoms with Gasteiger partial charge in [-0.15, -0.1) is 0 Å². The second-order valence-electron chi connectivity index (χ2n) is 6.42. The van der Waals surface area contributed by atoms with Gasteiger partial charge < -0.3 is 0 Å². The van der Waals surface area contributed by atoms with Gasteiger partial charge in [-0.25, -0.2) is 0 Å². The summed E-state index contributed by atoms with van der Waals surface area (Å²) in [6.45, 7) is 2.26. The van der Waals surface area contributed by atoms with Gasteiger partial charge in [0.25, 0.3) is 5.91 Å². The summed E-state index contributed by atoms with van der Waals surface area (Å²) < 4.78 is 0. The van der Waals surface area contributed by atoms with E-state index in [0.29, 0.717) is 6.42 Å². The maximum Gasteiger partial charge on any atom is 0.252 e. The van der Waals surface area contributed by atoms with Gasteiger partial charge in [-0.2, -0.15) is 5.32 Å². The zero-order chi connectivity index (χ0) is 15.3. The summed E-state index contributed by atoms with van der Waals surface area (Å²) in [7, 11) is 0. The Bertz CT molecular complexity index is 302. The van der Waals surface area contributed by atoms with Gasteiger partial charge in [0.1, 0.15) is 0 Å². The lowest BCUT2D eigenvalue weighted by molar-refractivity contribution is -0.126. The molecule has 3 nitrogen and oxygen atoms in total. The number of unbranched alkanes of at least 4 members (excludes halogenated alkanes) is 11. The molecule has 1 fully saturated rings. The van der Waals surface area contributed by atoms with Crippen LogP contribution < -0.4 is 5.32 Å². The van der Waals surface area contributed by atoms with Gasteiger partial charge in [0.2, 0.25) is 5.91 Å². The van der Waals surface area contributed by atoms with Gasteiger partial charge in [-0.05, 0) is 6.42 Å². The molecule has 2 amide bonds. The predicted molar refractivity (Wildman–Crippen MR) is 86.0 cm³/mol. The summed E-state index contributed by atoms with van der Waals surface area (Å²) >= 11 is 0. The molecule has 21 heavy (non-hydrogen) atoms. The number of nitrogens with zero attached hydrogens (tertiary/aromatic N) is 1. The van der Waals surface area contributed by atoms with Crippen LogP contribution in [0.4, 0.5) is 0 Å². The molecule has 1 aliphatic rings. The number of hydrogen-bond acceptors (Lipinski definition) is 2. The van der Waals surface area contributed by atoms with Crippen LogP contribution in [-0.2, 0) is 9.59 Å². The van der Waals surface area contributed by atoms with E-state index in [-0.39, 0.29) is 17.7 Å². The Labute approximate surface area is 130 Å². The molecule has 1 unspecified atom stereocenters. The van der Waals surface area contributed by atoms with E-state index in [1.807, 2.05) is 0 Å². The Balaban J connectivity index is 1.79. The Morgan fingerprint density at radius 3 is 1.71 bits per heavy atom. The third kappa shape index (κ3) is 8.90. The maximum atomic E-state index is 11.3. The molecule has 0 aromatic heterocycles. The monoisotopic (exact) mass is 294 g/mol. The molecule has 1 saturated heterocycles. The van der Waals surface area contributed by atoms with Gasteiger partial charge >= 0.3 is 0 Å². The Kier molecular flexibility index (Phi) is 10.2. The van der Waals surface area contributed by atoms with Crippen LogP contribution in [0.25, 0.3) is 0 Å². The predicted octanol–water partition coefficient (Wildman–Crippen LogP) is 4.76. The van der Waals surface area contributed by atoms with Crippen molar-refractivity contribution in [2.75, 3.05) is 0 Å². The lowest BCUT2D eigenvalue weighted by Gasteiger charge is -2.05. The maximum absolute atomic E-state index is 11.3. The highest BCUT2D eigenvalue weighted by atomic mass is 16.2. The number of rotatable bonds is 13. The van der Waals surface area contributed by atoms with E-state index in [1.165, 1.54) is 70.6 Å². The summed E-state index contributed by atoms with van der Waals surface area (Å²) in [6, 6.07) is 0. The molecule has 1 radical (unpaired) electrons. The smallest absolute Gasteiger partial charge is 0.252 e. The number of amides is 2. The molecule has 3 heteroatoms. The minimum Gasteiger partial charge on any atom is -0.272 e. The van der Waals surface area contributed by atoms with Crippen molar-refractivity contribution in [3.05, 3.63) is 0 Å². The van der Waals surface area contributed by atoms with Crippen LogP contribution in [0.5, 0.6) is 0 Å². The van der Waals surface area contributed by atoms with Gasteiger partial charge in [0, 0.05) is 12.3 Å². The first-order valence-corrected chi connectivity index (χ1v) is 9.02. The van der Waals surface area contributed by atoms with E-state index in [2.05, 4.69) is 12.2 Å². The van der Waals surface area contributed by atoms with Gasteiger partial charge in [-0.1, -0.05) is 84.0 Å². The number of imide groups is 1. The molecule has 1 aliphatic heterocycles. The minimum absolute atomic E-state index is 0.0966. The van der Waals surface area contributed by atoms with Crippen LogP contribution in [0.3, 0.4) is 0 Å². The average Bonchev–Trinajstić information content (AvgIpc) is 2.78. The first-order valence-electron chi connectivity index (χ1n) is 9.02. The fourth-order valence-electron chi connectivity index (χ4n) is 3.02. The molecule has 0 aromatic carbocycles. The Morgan fingerprint density at radius 2 is 1.29 bits per heavy atom. The SMILES string of the molecule is CCCCCCCCCCCCCCC1CC(=O)[N]C1=O. The van der Waals surface area contributed by atoms with Crippen LogP contribution in [0, 0.1) is 5.92 Å². The summed E-state index contributed by atoms with van der Waals surface area (Å²) in [5, 5.41) is 3.47. The van der Waals surface area contributed by atoms with Gasteiger partial charge in [-0.3, -0.25) is 9.59 Å². The molecule has 0 aliphatic carbocycles. The average molecular weight is 294 g/mol. The summed E-state index contributed by atoms with van der Waals surface area (Å²) in [6.07, 6.45) is 17.1. The van der Waals surface area contributed by atoms with E-state index in [9.17, 15) is 9.59 Å². The molecule has 121 valence electrons. The molecule has 0 N–H and O–H groups in total. The number of carbonyl (C=O) groups is 2. The zero-order valence-corrected chi connectivity index (χ0v) is 13.7. The molecular formula is C18H32NO2. The van der Waals surface area contributed by atoms with E-state index < -0.39 is 0 Å². The second kappa shape index (κ2) is 11.8. The molecule has 0 bridgehead atoms. The van der Waals surface area contributed by atoms with Crippen LogP contribution in [0.1, 0.15) is 96.8 Å². The highest BCUT2D eigenvalue weighted by molar-refractivity contribution is 6.02. The van der Waals surface area contributed by atoms with E-state index in [4.69, 9.17) is 0 Å². The highest BCUT2D eigenvalue weighted by Gasteiger charge is 2.31. The van der Waals surface area contributed by atoms with E-state index in [1.54, 1.807) is 0 Å². The van der Waals surface area contributed by atoms with Crippen molar-refractivity contribution < 1.29 is 9.59 Å². The highest BCUT2D eigenvalue weighted by Crippen LogP contribution is 2.20. The van der Waals surface area contributed by atoms with Crippen molar-refractivity contribution in [1.82, 2.24) is 5.32 Å². The van der Waals surface area contributed by atoms with Crippen LogP contribution in [0.2, 0.25) is 0 Å². The van der Waals surface area contributed by atoms with Crippen molar-refractivity contribution in [3.63, 3.8) is 0 Å². The number of hydrogen-bond donors (Lipinski definition) is 0. The standard InChI is InChI=1S/C18H32NO2/c1-2-3-4-5-6-7-8-9-10-11-12-13-14-16-15-17(20)19-18(16)21/h16H,2-15H2,1H3. The second-order valence-corrected chi connectivity index (χ2v) is 6.42. The van der Waals surface area contributed by atoms with Gasteiger partial charge in [0.15, 0.2) is 0 Å². The summed E-state index contributed by atoms with van der Waals surface area (Å²) in [5.74, 6) is -0.493. The van der Waals surface area contributed by atoms with Crippen molar-refractivity contribution in [2.45, 2.75) is 96.8 Å². The first kappa shape index (κ1) is 18.2.